The van der Waals surface area contributed by atoms with Gasteiger partial charge < -0.3 is 19.4 Å². The molecular weight excluding hydrogens is 486 g/mol. The first-order valence-electron chi connectivity index (χ1n) is 8.95. The molecule has 3 aromatic rings. The number of nitrogens with one attached hydrogen (secondary N) is 1. The van der Waals surface area contributed by atoms with Crippen LogP contribution in [-0.2, 0) is 6.54 Å². The van der Waals surface area contributed by atoms with E-state index in [1.807, 2.05) is 42.3 Å². The van der Waals surface area contributed by atoms with Gasteiger partial charge in [-0.1, -0.05) is 18.2 Å². The summed E-state index contributed by atoms with van der Waals surface area (Å²) in [5, 5.41) is 3.25. The zero-order chi connectivity index (χ0) is 19.8. The van der Waals surface area contributed by atoms with Crippen LogP contribution in [0.25, 0.3) is 11.5 Å². The van der Waals surface area contributed by atoms with Gasteiger partial charge in [0.2, 0.25) is 5.89 Å². The number of benzene rings is 2. The van der Waals surface area contributed by atoms with Gasteiger partial charge in [0.15, 0.2) is 5.96 Å². The third kappa shape index (κ3) is 6.74. The number of halogens is 2. The van der Waals surface area contributed by atoms with Gasteiger partial charge in [-0.25, -0.2) is 9.37 Å². The van der Waals surface area contributed by atoms with Crippen molar-refractivity contribution in [2.45, 2.75) is 6.54 Å². The van der Waals surface area contributed by atoms with E-state index in [1.54, 1.807) is 25.4 Å². The third-order valence-corrected chi connectivity index (χ3v) is 4.08. The number of oxazole rings is 1. The monoisotopic (exact) mass is 510 g/mol. The van der Waals surface area contributed by atoms with Crippen LogP contribution in [0.3, 0.4) is 0 Å². The van der Waals surface area contributed by atoms with Crippen LogP contribution in [-0.4, -0.2) is 43.1 Å². The fourth-order valence-corrected chi connectivity index (χ4v) is 2.59. The largest absolute Gasteiger partial charge is 0.492 e. The second kappa shape index (κ2) is 11.4. The molecular formula is C21H24FIN4O2. The van der Waals surface area contributed by atoms with Crippen molar-refractivity contribution in [2.75, 3.05) is 27.2 Å². The van der Waals surface area contributed by atoms with E-state index < -0.39 is 0 Å². The highest BCUT2D eigenvalue weighted by atomic mass is 127. The number of guanidine groups is 1. The lowest BCUT2D eigenvalue weighted by Crippen LogP contribution is -2.40. The van der Waals surface area contributed by atoms with Crippen LogP contribution in [0.1, 0.15) is 5.69 Å². The highest BCUT2D eigenvalue weighted by Gasteiger charge is 2.09. The fraction of sp³-hybridized carbons (Fsp3) is 0.238. The van der Waals surface area contributed by atoms with Crippen molar-refractivity contribution < 1.29 is 13.5 Å². The molecule has 0 saturated carbocycles. The molecule has 0 aliphatic heterocycles. The molecule has 0 spiro atoms. The Bertz CT molecular complexity index is 901. The smallest absolute Gasteiger partial charge is 0.226 e. The Labute approximate surface area is 186 Å². The molecule has 0 bridgehead atoms. The van der Waals surface area contributed by atoms with Crippen molar-refractivity contribution >= 4 is 29.9 Å². The average Bonchev–Trinajstić information content (AvgIpc) is 3.20. The number of aromatic nitrogens is 1. The maximum atomic E-state index is 12.9. The first-order valence-corrected chi connectivity index (χ1v) is 8.95. The van der Waals surface area contributed by atoms with Gasteiger partial charge in [0.1, 0.15) is 24.4 Å². The number of likely N-dealkylation sites (N-methyl/N-ethyl adjacent to an activating group) is 1. The Morgan fingerprint density at radius 3 is 2.59 bits per heavy atom. The minimum atomic E-state index is -0.280. The summed E-state index contributed by atoms with van der Waals surface area (Å²) in [5.74, 6) is 1.66. The lowest BCUT2D eigenvalue weighted by Gasteiger charge is -2.21. The molecule has 29 heavy (non-hydrogen) atoms. The SMILES string of the molecule is CN=C(NCc1coc(-c2ccccc2)n1)N(C)CCOc1ccc(F)cc1.I. The molecule has 0 radical (unpaired) electrons. The number of hydrogen-bond donors (Lipinski definition) is 1. The molecule has 1 N–H and O–H groups in total. The molecule has 1 aromatic heterocycles. The van der Waals surface area contributed by atoms with Crippen LogP contribution in [0.15, 0.2) is 70.3 Å². The van der Waals surface area contributed by atoms with E-state index in [0.717, 1.165) is 11.3 Å². The van der Waals surface area contributed by atoms with Gasteiger partial charge in [0.05, 0.1) is 18.8 Å². The Morgan fingerprint density at radius 1 is 1.17 bits per heavy atom. The summed E-state index contributed by atoms with van der Waals surface area (Å²) in [6.07, 6.45) is 1.64. The van der Waals surface area contributed by atoms with E-state index in [4.69, 9.17) is 9.15 Å². The zero-order valence-electron chi connectivity index (χ0n) is 16.3. The standard InChI is InChI=1S/C21H23FN4O2.HI/c1-23-21(26(2)12-13-27-19-10-8-17(22)9-11-19)24-14-18-15-28-20(25-18)16-6-4-3-5-7-16;/h3-11,15H,12-14H2,1-2H3,(H,23,24);1H. The molecule has 0 unspecified atom stereocenters. The minimum Gasteiger partial charge on any atom is -0.492 e. The Kier molecular flexibility index (Phi) is 8.91. The van der Waals surface area contributed by atoms with E-state index in [-0.39, 0.29) is 29.8 Å². The molecule has 2 aromatic carbocycles. The Hall–Kier alpha value is -2.62. The average molecular weight is 510 g/mol. The second-order valence-electron chi connectivity index (χ2n) is 6.13. The summed E-state index contributed by atoms with van der Waals surface area (Å²) in [4.78, 5) is 10.7. The van der Waals surface area contributed by atoms with Crippen molar-refractivity contribution in [3.8, 4) is 17.2 Å². The van der Waals surface area contributed by atoms with Crippen LogP contribution >= 0.6 is 24.0 Å². The topological polar surface area (TPSA) is 62.9 Å². The van der Waals surface area contributed by atoms with Gasteiger partial charge in [-0.3, -0.25) is 4.99 Å². The summed E-state index contributed by atoms with van der Waals surface area (Å²) < 4.78 is 24.1. The first-order chi connectivity index (χ1) is 13.7. The third-order valence-electron chi connectivity index (χ3n) is 4.08. The van der Waals surface area contributed by atoms with Gasteiger partial charge in [-0.15, -0.1) is 24.0 Å². The normalized spacial score (nSPS) is 10.9. The lowest BCUT2D eigenvalue weighted by atomic mass is 10.2. The molecule has 0 saturated heterocycles. The maximum Gasteiger partial charge on any atom is 0.226 e. The van der Waals surface area contributed by atoms with Gasteiger partial charge >= 0.3 is 0 Å². The van der Waals surface area contributed by atoms with E-state index >= 15 is 0 Å². The van der Waals surface area contributed by atoms with E-state index in [0.29, 0.717) is 37.3 Å². The Balaban J connectivity index is 0.00000300. The number of ether oxygens (including phenoxy) is 1. The Morgan fingerprint density at radius 2 is 1.90 bits per heavy atom. The number of nitrogens with zero attached hydrogens (tertiary/aromatic N) is 3. The molecule has 3 rings (SSSR count). The summed E-state index contributed by atoms with van der Waals surface area (Å²) in [6.45, 7) is 1.56. The van der Waals surface area contributed by atoms with Crippen molar-refractivity contribution in [1.29, 1.82) is 0 Å². The summed E-state index contributed by atoms with van der Waals surface area (Å²) >= 11 is 0. The van der Waals surface area contributed by atoms with Crippen LogP contribution in [0.5, 0.6) is 5.75 Å². The molecule has 6 nitrogen and oxygen atoms in total. The first kappa shape index (κ1) is 22.7. The van der Waals surface area contributed by atoms with E-state index in [1.165, 1.54) is 12.1 Å². The summed E-state index contributed by atoms with van der Waals surface area (Å²) in [5.41, 5.74) is 1.73. The summed E-state index contributed by atoms with van der Waals surface area (Å²) in [7, 11) is 3.64. The van der Waals surface area contributed by atoms with Crippen LogP contribution in [0, 0.1) is 5.82 Å². The van der Waals surface area contributed by atoms with Crippen LogP contribution in [0.2, 0.25) is 0 Å². The van der Waals surface area contributed by atoms with Gasteiger partial charge in [0.25, 0.3) is 0 Å². The van der Waals surface area contributed by atoms with E-state index in [2.05, 4.69) is 15.3 Å². The molecule has 0 aliphatic rings. The van der Waals surface area contributed by atoms with Gasteiger partial charge in [-0.2, -0.15) is 0 Å². The lowest BCUT2D eigenvalue weighted by molar-refractivity contribution is 0.281. The maximum absolute atomic E-state index is 12.9. The van der Waals surface area contributed by atoms with Crippen LogP contribution < -0.4 is 10.1 Å². The molecule has 0 atom stereocenters. The van der Waals surface area contributed by atoms with Crippen molar-refractivity contribution in [3.63, 3.8) is 0 Å². The molecule has 8 heteroatoms. The number of hydrogen-bond acceptors (Lipinski definition) is 4. The second-order valence-corrected chi connectivity index (χ2v) is 6.13. The molecule has 1 heterocycles. The van der Waals surface area contributed by atoms with E-state index in [9.17, 15) is 4.39 Å². The number of rotatable bonds is 7. The molecule has 0 amide bonds. The molecule has 0 aliphatic carbocycles. The van der Waals surface area contributed by atoms with Crippen LogP contribution in [0.4, 0.5) is 4.39 Å². The highest BCUT2D eigenvalue weighted by molar-refractivity contribution is 14.0. The van der Waals surface area contributed by atoms with Gasteiger partial charge in [0, 0.05) is 19.7 Å². The highest BCUT2D eigenvalue weighted by Crippen LogP contribution is 2.17. The van der Waals surface area contributed by atoms with Gasteiger partial charge in [-0.05, 0) is 36.4 Å². The fourth-order valence-electron chi connectivity index (χ4n) is 2.59. The molecule has 0 fully saturated rings. The van der Waals surface area contributed by atoms with Crippen molar-refractivity contribution in [2.24, 2.45) is 4.99 Å². The molecule has 154 valence electrons. The summed E-state index contributed by atoms with van der Waals surface area (Å²) in [6, 6.07) is 15.7. The predicted molar refractivity (Wildman–Crippen MR) is 122 cm³/mol. The van der Waals surface area contributed by atoms with Crippen molar-refractivity contribution in [3.05, 3.63) is 72.4 Å². The predicted octanol–water partition coefficient (Wildman–Crippen LogP) is 4.18. The number of aliphatic imine (C=N–C) groups is 1. The zero-order valence-corrected chi connectivity index (χ0v) is 18.7. The minimum absolute atomic E-state index is 0. The van der Waals surface area contributed by atoms with Crippen molar-refractivity contribution in [1.82, 2.24) is 15.2 Å². The quantitative estimate of drug-likeness (QED) is 0.294.